The van der Waals surface area contributed by atoms with E-state index in [2.05, 4.69) is 38.2 Å². The van der Waals surface area contributed by atoms with Gasteiger partial charge in [-0.15, -0.1) is 0 Å². The molecule has 0 aliphatic carbocycles. The van der Waals surface area contributed by atoms with Crippen LogP contribution in [0.25, 0.3) is 0 Å². The van der Waals surface area contributed by atoms with Gasteiger partial charge in [-0.2, -0.15) is 0 Å². The molecule has 3 nitrogen and oxygen atoms in total. The van der Waals surface area contributed by atoms with Crippen LogP contribution in [0.2, 0.25) is 0 Å². The molecule has 1 unspecified atom stereocenters. The van der Waals surface area contributed by atoms with Crippen LogP contribution in [0, 0.1) is 5.92 Å². The normalized spacial score (nSPS) is 14.0. The van der Waals surface area contributed by atoms with E-state index >= 15 is 0 Å². The van der Waals surface area contributed by atoms with Crippen LogP contribution in [0.4, 0.5) is 0 Å². The Morgan fingerprint density at radius 2 is 1.81 bits per heavy atom. The Morgan fingerprint density at radius 1 is 1.19 bits per heavy atom. The summed E-state index contributed by atoms with van der Waals surface area (Å²) in [5.74, 6) is 0.290. The molecule has 118 valence electrons. The number of aryl methyl sites for hydroxylation is 1. The largest absolute Gasteiger partial charge is 0.464 e. The highest BCUT2D eigenvalue weighted by Gasteiger charge is 2.39. The average Bonchev–Trinajstić information content (AvgIpc) is 2.49. The highest BCUT2D eigenvalue weighted by Crippen LogP contribution is 2.28. The molecule has 0 radical (unpaired) electrons. The molecule has 0 amide bonds. The van der Waals surface area contributed by atoms with Crippen molar-refractivity contribution in [1.29, 1.82) is 0 Å². The molecule has 0 saturated carbocycles. The fourth-order valence-electron chi connectivity index (χ4n) is 2.42. The molecule has 0 aliphatic heterocycles. The number of carbonyl (C=O) groups excluding carboxylic acids is 1. The highest BCUT2D eigenvalue weighted by atomic mass is 16.5. The van der Waals surface area contributed by atoms with Crippen LogP contribution in [0.1, 0.15) is 52.2 Å². The van der Waals surface area contributed by atoms with E-state index in [0.717, 1.165) is 18.5 Å². The first kappa shape index (κ1) is 17.7. The van der Waals surface area contributed by atoms with Crippen molar-refractivity contribution >= 4 is 5.97 Å². The minimum absolute atomic E-state index is 0.183. The zero-order valence-corrected chi connectivity index (χ0v) is 14.0. The van der Waals surface area contributed by atoms with Gasteiger partial charge in [0, 0.05) is 0 Å². The number of hydrogen-bond acceptors (Lipinski definition) is 3. The van der Waals surface area contributed by atoms with E-state index in [4.69, 9.17) is 4.74 Å². The Hall–Kier alpha value is -1.35. The van der Waals surface area contributed by atoms with Gasteiger partial charge < -0.3 is 4.74 Å². The van der Waals surface area contributed by atoms with Crippen LogP contribution < -0.4 is 5.32 Å². The number of rotatable bonds is 8. The van der Waals surface area contributed by atoms with Crippen molar-refractivity contribution in [2.75, 3.05) is 13.2 Å². The van der Waals surface area contributed by atoms with Gasteiger partial charge in [0.15, 0.2) is 0 Å². The number of esters is 1. The molecule has 21 heavy (non-hydrogen) atoms. The van der Waals surface area contributed by atoms with Gasteiger partial charge in [-0.25, -0.2) is 4.79 Å². The molecule has 1 rings (SSSR count). The molecule has 0 heterocycles. The monoisotopic (exact) mass is 291 g/mol. The smallest absolute Gasteiger partial charge is 0.330 e. The van der Waals surface area contributed by atoms with Crippen LogP contribution in [-0.4, -0.2) is 19.1 Å². The lowest BCUT2D eigenvalue weighted by atomic mass is 9.86. The summed E-state index contributed by atoms with van der Waals surface area (Å²) in [6, 6.07) is 8.28. The topological polar surface area (TPSA) is 38.3 Å². The first-order chi connectivity index (χ1) is 10.00. The van der Waals surface area contributed by atoms with Gasteiger partial charge in [0.25, 0.3) is 0 Å². The van der Waals surface area contributed by atoms with Crippen molar-refractivity contribution in [3.05, 3.63) is 35.4 Å². The van der Waals surface area contributed by atoms with Crippen LogP contribution >= 0.6 is 0 Å². The fraction of sp³-hybridized carbons (Fsp3) is 0.611. The Labute approximate surface area is 129 Å². The molecule has 1 aromatic carbocycles. The molecule has 1 N–H and O–H groups in total. The summed E-state index contributed by atoms with van der Waals surface area (Å²) < 4.78 is 5.34. The van der Waals surface area contributed by atoms with E-state index in [1.807, 2.05) is 26.0 Å². The van der Waals surface area contributed by atoms with E-state index in [1.54, 1.807) is 0 Å². The SMILES string of the molecule is CCOC(=O)C(CC)(NCC(C)C)c1ccc(CC)cc1. The third-order valence-electron chi connectivity index (χ3n) is 3.82. The zero-order valence-electron chi connectivity index (χ0n) is 14.0. The Kier molecular flexibility index (Phi) is 6.90. The molecule has 0 fully saturated rings. The van der Waals surface area contributed by atoms with Crippen molar-refractivity contribution < 1.29 is 9.53 Å². The lowest BCUT2D eigenvalue weighted by Crippen LogP contribution is -2.51. The van der Waals surface area contributed by atoms with Crippen LogP contribution in [0.15, 0.2) is 24.3 Å². The quantitative estimate of drug-likeness (QED) is 0.743. The van der Waals surface area contributed by atoms with Gasteiger partial charge in [0.2, 0.25) is 0 Å². The predicted molar refractivity (Wildman–Crippen MR) is 87.3 cm³/mol. The molecular formula is C18H29NO2. The Balaban J connectivity index is 3.15. The molecule has 0 saturated heterocycles. The van der Waals surface area contributed by atoms with Gasteiger partial charge in [-0.3, -0.25) is 5.32 Å². The second kappa shape index (κ2) is 8.18. The number of benzene rings is 1. The number of hydrogen-bond donors (Lipinski definition) is 1. The van der Waals surface area contributed by atoms with Crippen molar-refractivity contribution in [2.24, 2.45) is 5.92 Å². The van der Waals surface area contributed by atoms with Gasteiger partial charge in [-0.1, -0.05) is 52.0 Å². The third kappa shape index (κ3) is 4.31. The summed E-state index contributed by atoms with van der Waals surface area (Å²) in [7, 11) is 0. The summed E-state index contributed by atoms with van der Waals surface area (Å²) in [6.07, 6.45) is 1.67. The van der Waals surface area contributed by atoms with Crippen molar-refractivity contribution in [3.8, 4) is 0 Å². The zero-order chi connectivity index (χ0) is 15.9. The van der Waals surface area contributed by atoms with E-state index < -0.39 is 5.54 Å². The van der Waals surface area contributed by atoms with E-state index in [9.17, 15) is 4.79 Å². The molecule has 1 aromatic rings. The molecule has 3 heteroatoms. The van der Waals surface area contributed by atoms with Crippen LogP contribution in [-0.2, 0) is 21.5 Å². The maximum atomic E-state index is 12.6. The minimum atomic E-state index is -0.744. The van der Waals surface area contributed by atoms with Gasteiger partial charge in [0.05, 0.1) is 6.61 Å². The molecule has 0 aromatic heterocycles. The minimum Gasteiger partial charge on any atom is -0.464 e. The summed E-state index contributed by atoms with van der Waals surface area (Å²) >= 11 is 0. The number of carbonyl (C=O) groups is 1. The lowest BCUT2D eigenvalue weighted by molar-refractivity contribution is -0.152. The van der Waals surface area contributed by atoms with Gasteiger partial charge >= 0.3 is 5.97 Å². The second-order valence-electron chi connectivity index (χ2n) is 5.80. The maximum Gasteiger partial charge on any atom is 0.330 e. The third-order valence-corrected chi connectivity index (χ3v) is 3.82. The predicted octanol–water partition coefficient (Wildman–Crippen LogP) is 3.66. The van der Waals surface area contributed by atoms with Gasteiger partial charge in [0.1, 0.15) is 5.54 Å². The average molecular weight is 291 g/mol. The molecule has 0 spiro atoms. The van der Waals surface area contributed by atoms with Crippen molar-refractivity contribution in [3.63, 3.8) is 0 Å². The first-order valence-corrected chi connectivity index (χ1v) is 8.01. The molecule has 1 atom stereocenters. The fourth-order valence-corrected chi connectivity index (χ4v) is 2.42. The standard InChI is InChI=1S/C18H29NO2/c1-6-15-9-11-16(12-10-15)18(7-2,17(20)21-8-3)19-13-14(4)5/h9-12,14,19H,6-8,13H2,1-5H3. The number of nitrogens with one attached hydrogen (secondary N) is 1. The summed E-state index contributed by atoms with van der Waals surface area (Å²) in [5, 5.41) is 3.45. The van der Waals surface area contributed by atoms with Crippen molar-refractivity contribution in [2.45, 2.75) is 53.0 Å². The second-order valence-corrected chi connectivity index (χ2v) is 5.80. The summed E-state index contributed by atoms with van der Waals surface area (Å²) in [5.41, 5.74) is 1.52. The summed E-state index contributed by atoms with van der Waals surface area (Å²) in [6.45, 7) is 11.5. The van der Waals surface area contributed by atoms with Crippen LogP contribution in [0.5, 0.6) is 0 Å². The van der Waals surface area contributed by atoms with Crippen LogP contribution in [0.3, 0.4) is 0 Å². The Bertz CT molecular complexity index is 439. The lowest BCUT2D eigenvalue weighted by Gasteiger charge is -2.33. The van der Waals surface area contributed by atoms with Gasteiger partial charge in [-0.05, 0) is 43.4 Å². The van der Waals surface area contributed by atoms with E-state index in [1.165, 1.54) is 5.56 Å². The highest BCUT2D eigenvalue weighted by molar-refractivity contribution is 5.82. The number of ether oxygens (including phenoxy) is 1. The first-order valence-electron chi connectivity index (χ1n) is 8.01. The molecular weight excluding hydrogens is 262 g/mol. The summed E-state index contributed by atoms with van der Waals surface area (Å²) in [4.78, 5) is 12.6. The molecule has 0 bridgehead atoms. The van der Waals surface area contributed by atoms with E-state index in [0.29, 0.717) is 18.9 Å². The van der Waals surface area contributed by atoms with E-state index in [-0.39, 0.29) is 5.97 Å². The molecule has 0 aliphatic rings. The maximum absolute atomic E-state index is 12.6. The van der Waals surface area contributed by atoms with Crippen molar-refractivity contribution in [1.82, 2.24) is 5.32 Å². The Morgan fingerprint density at radius 3 is 2.24 bits per heavy atom.